The van der Waals surface area contributed by atoms with Crippen LogP contribution in [-0.4, -0.2) is 57.4 Å². The minimum absolute atomic E-state index is 0.00159. The van der Waals surface area contributed by atoms with Gasteiger partial charge in [-0.3, -0.25) is 0 Å². The predicted octanol–water partition coefficient (Wildman–Crippen LogP) is 0.425. The van der Waals surface area contributed by atoms with Crippen molar-refractivity contribution in [2.75, 3.05) is 32.5 Å². The van der Waals surface area contributed by atoms with Gasteiger partial charge in [-0.25, -0.2) is 8.42 Å². The number of rotatable bonds is 6. The Labute approximate surface area is 105 Å². The highest BCUT2D eigenvalue weighted by Gasteiger charge is 2.32. The fraction of sp³-hybridized carbons (Fsp3) is 1.00. The summed E-state index contributed by atoms with van der Waals surface area (Å²) in [6, 6.07) is -0.0412. The van der Waals surface area contributed by atoms with Gasteiger partial charge < -0.3 is 10.1 Å². The summed E-state index contributed by atoms with van der Waals surface area (Å²) < 4.78 is 31.3. The maximum absolute atomic E-state index is 12.2. The zero-order valence-corrected chi connectivity index (χ0v) is 11.8. The molecule has 1 aliphatic heterocycles. The van der Waals surface area contributed by atoms with Crippen LogP contribution in [0.2, 0.25) is 0 Å². The number of unbranched alkanes of at least 4 members (excludes halogenated alkanes) is 1. The van der Waals surface area contributed by atoms with E-state index in [9.17, 15) is 8.42 Å². The number of ether oxygens (including phenoxy) is 1. The lowest BCUT2D eigenvalue weighted by Crippen LogP contribution is -2.50. The number of nitrogens with one attached hydrogen (secondary N) is 1. The molecule has 0 aromatic heterocycles. The van der Waals surface area contributed by atoms with Gasteiger partial charge in [0.05, 0.1) is 18.5 Å². The van der Waals surface area contributed by atoms with Gasteiger partial charge in [-0.15, -0.1) is 0 Å². The van der Waals surface area contributed by atoms with Crippen LogP contribution in [0.3, 0.4) is 0 Å². The first kappa shape index (κ1) is 14.9. The highest BCUT2D eigenvalue weighted by Crippen LogP contribution is 2.17. The van der Waals surface area contributed by atoms with Gasteiger partial charge in [0.2, 0.25) is 10.0 Å². The Hall–Kier alpha value is -0.170. The summed E-state index contributed by atoms with van der Waals surface area (Å²) in [5, 5.41) is 3.02. The highest BCUT2D eigenvalue weighted by molar-refractivity contribution is 7.89. The smallest absolute Gasteiger partial charge is 0.214 e. The van der Waals surface area contributed by atoms with E-state index < -0.39 is 10.0 Å². The van der Waals surface area contributed by atoms with Crippen LogP contribution in [-0.2, 0) is 14.8 Å². The Bertz CT molecular complexity index is 319. The van der Waals surface area contributed by atoms with Crippen molar-refractivity contribution >= 4 is 10.0 Å². The van der Waals surface area contributed by atoms with Crippen molar-refractivity contribution < 1.29 is 13.2 Å². The molecule has 2 unspecified atom stereocenters. The molecule has 1 heterocycles. The second-order valence-corrected chi connectivity index (χ2v) is 6.73. The van der Waals surface area contributed by atoms with Crippen LogP contribution in [0.1, 0.15) is 26.7 Å². The number of nitrogens with zero attached hydrogens (tertiary/aromatic N) is 1. The van der Waals surface area contributed by atoms with Gasteiger partial charge in [-0.1, -0.05) is 0 Å². The van der Waals surface area contributed by atoms with Crippen molar-refractivity contribution in [2.24, 2.45) is 0 Å². The van der Waals surface area contributed by atoms with E-state index in [1.165, 1.54) is 0 Å². The quantitative estimate of drug-likeness (QED) is 0.707. The molecular formula is C11H24N2O3S. The van der Waals surface area contributed by atoms with E-state index in [-0.39, 0.29) is 17.9 Å². The number of morpholine rings is 1. The van der Waals surface area contributed by atoms with Crippen molar-refractivity contribution in [1.29, 1.82) is 0 Å². The fourth-order valence-corrected chi connectivity index (χ4v) is 3.81. The maximum Gasteiger partial charge on any atom is 0.214 e. The van der Waals surface area contributed by atoms with Gasteiger partial charge in [0.1, 0.15) is 0 Å². The summed E-state index contributed by atoms with van der Waals surface area (Å²) >= 11 is 0. The second-order valence-electron chi connectivity index (χ2n) is 4.69. The third-order valence-corrected chi connectivity index (χ3v) is 5.02. The van der Waals surface area contributed by atoms with Crippen LogP contribution >= 0.6 is 0 Å². The van der Waals surface area contributed by atoms with E-state index in [4.69, 9.17) is 4.74 Å². The SMILES string of the molecule is CNCCCCS(=O)(=O)N1CC(C)OCC1C. The lowest BCUT2D eigenvalue weighted by molar-refractivity contribution is -0.0170. The molecule has 6 heteroatoms. The van der Waals surface area contributed by atoms with E-state index in [1.807, 2.05) is 20.9 Å². The molecule has 1 saturated heterocycles. The molecule has 0 spiro atoms. The minimum Gasteiger partial charge on any atom is -0.375 e. The summed E-state index contributed by atoms with van der Waals surface area (Å²) in [4.78, 5) is 0. The monoisotopic (exact) mass is 264 g/mol. The van der Waals surface area contributed by atoms with E-state index in [1.54, 1.807) is 4.31 Å². The van der Waals surface area contributed by atoms with Crippen molar-refractivity contribution in [3.05, 3.63) is 0 Å². The molecule has 0 amide bonds. The van der Waals surface area contributed by atoms with Crippen LogP contribution in [0, 0.1) is 0 Å². The summed E-state index contributed by atoms with van der Waals surface area (Å²) in [5.74, 6) is 0.242. The number of hydrogen-bond donors (Lipinski definition) is 1. The summed E-state index contributed by atoms with van der Waals surface area (Å²) in [6.45, 7) is 5.66. The van der Waals surface area contributed by atoms with Crippen LogP contribution in [0.4, 0.5) is 0 Å². The molecule has 1 fully saturated rings. The van der Waals surface area contributed by atoms with Crippen molar-refractivity contribution in [3.8, 4) is 0 Å². The minimum atomic E-state index is -3.12. The molecule has 102 valence electrons. The van der Waals surface area contributed by atoms with Gasteiger partial charge in [0, 0.05) is 12.6 Å². The van der Waals surface area contributed by atoms with Crippen LogP contribution < -0.4 is 5.32 Å². The molecule has 0 aliphatic carbocycles. The normalized spacial score (nSPS) is 27.2. The molecule has 0 aromatic carbocycles. The Balaban J connectivity index is 2.50. The third-order valence-electron chi connectivity index (χ3n) is 2.99. The lowest BCUT2D eigenvalue weighted by atomic mass is 10.2. The van der Waals surface area contributed by atoms with Gasteiger partial charge in [0.15, 0.2) is 0 Å². The molecule has 2 atom stereocenters. The van der Waals surface area contributed by atoms with E-state index in [0.717, 1.165) is 13.0 Å². The average molecular weight is 264 g/mol. The first-order valence-corrected chi connectivity index (χ1v) is 7.84. The standard InChI is InChI=1S/C11H24N2O3S/c1-10-9-16-11(2)8-13(10)17(14,15)7-5-4-6-12-3/h10-12H,4-9H2,1-3H3. The molecule has 1 rings (SSSR count). The molecule has 17 heavy (non-hydrogen) atoms. The van der Waals surface area contributed by atoms with Crippen LogP contribution in [0.15, 0.2) is 0 Å². The zero-order valence-electron chi connectivity index (χ0n) is 11.0. The molecule has 5 nitrogen and oxygen atoms in total. The molecule has 0 saturated carbocycles. The lowest BCUT2D eigenvalue weighted by Gasteiger charge is -2.35. The first-order chi connectivity index (χ1) is 7.97. The zero-order chi connectivity index (χ0) is 12.9. The third kappa shape index (κ3) is 4.54. The van der Waals surface area contributed by atoms with Gasteiger partial charge in [-0.2, -0.15) is 4.31 Å². The van der Waals surface area contributed by atoms with Crippen LogP contribution in [0.5, 0.6) is 0 Å². The van der Waals surface area contributed by atoms with Gasteiger partial charge >= 0.3 is 0 Å². The van der Waals surface area contributed by atoms with E-state index in [0.29, 0.717) is 19.6 Å². The number of hydrogen-bond acceptors (Lipinski definition) is 4. The highest BCUT2D eigenvalue weighted by atomic mass is 32.2. The fourth-order valence-electron chi connectivity index (χ4n) is 1.96. The number of sulfonamides is 1. The van der Waals surface area contributed by atoms with Gasteiger partial charge in [0.25, 0.3) is 0 Å². The topological polar surface area (TPSA) is 58.6 Å². The first-order valence-electron chi connectivity index (χ1n) is 6.23. The van der Waals surface area contributed by atoms with Crippen molar-refractivity contribution in [1.82, 2.24) is 9.62 Å². The predicted molar refractivity (Wildman–Crippen MR) is 68.5 cm³/mol. The Morgan fingerprint density at radius 2 is 2.06 bits per heavy atom. The Morgan fingerprint density at radius 3 is 2.71 bits per heavy atom. The van der Waals surface area contributed by atoms with Crippen LogP contribution in [0.25, 0.3) is 0 Å². The van der Waals surface area contributed by atoms with Crippen molar-refractivity contribution in [3.63, 3.8) is 0 Å². The molecule has 1 aliphatic rings. The Morgan fingerprint density at radius 1 is 1.35 bits per heavy atom. The van der Waals surface area contributed by atoms with Crippen molar-refractivity contribution in [2.45, 2.75) is 38.8 Å². The van der Waals surface area contributed by atoms with E-state index in [2.05, 4.69) is 5.32 Å². The van der Waals surface area contributed by atoms with E-state index >= 15 is 0 Å². The molecular weight excluding hydrogens is 240 g/mol. The molecule has 0 bridgehead atoms. The average Bonchev–Trinajstić information content (AvgIpc) is 2.28. The summed E-state index contributed by atoms with van der Waals surface area (Å²) in [6.07, 6.45) is 1.60. The maximum atomic E-state index is 12.2. The molecule has 1 N–H and O–H groups in total. The molecule has 0 radical (unpaired) electrons. The summed E-state index contributed by atoms with van der Waals surface area (Å²) in [7, 11) is -1.25. The van der Waals surface area contributed by atoms with Gasteiger partial charge in [-0.05, 0) is 40.3 Å². The second kappa shape index (κ2) is 6.68. The summed E-state index contributed by atoms with van der Waals surface area (Å²) in [5.41, 5.74) is 0. The Kier molecular flexibility index (Phi) is 5.85. The largest absolute Gasteiger partial charge is 0.375 e. The molecule has 0 aromatic rings.